The first-order valence-corrected chi connectivity index (χ1v) is 8.27. The number of rotatable bonds is 3. The molecule has 1 amide bonds. The number of piperidine rings is 1. The summed E-state index contributed by atoms with van der Waals surface area (Å²) in [6, 6.07) is 5.85. The van der Waals surface area contributed by atoms with Gasteiger partial charge in [-0.2, -0.15) is 0 Å². The van der Waals surface area contributed by atoms with Crippen molar-refractivity contribution in [3.05, 3.63) is 47.5 Å². The van der Waals surface area contributed by atoms with Crippen LogP contribution in [-0.4, -0.2) is 33.4 Å². The number of aryl methyl sites for hydroxylation is 2. The van der Waals surface area contributed by atoms with Crippen molar-refractivity contribution in [2.45, 2.75) is 39.2 Å². The molecule has 0 saturated carbocycles. The Morgan fingerprint density at radius 2 is 2.12 bits per heavy atom. The molecular formula is C18H26Cl2N4O. The van der Waals surface area contributed by atoms with Crippen molar-refractivity contribution >= 4 is 36.4 Å². The third-order valence-corrected chi connectivity index (χ3v) is 4.63. The Morgan fingerprint density at radius 3 is 2.84 bits per heavy atom. The van der Waals surface area contributed by atoms with Crippen LogP contribution in [0.15, 0.2) is 30.6 Å². The first kappa shape index (κ1) is 21.3. The maximum atomic E-state index is 12.9. The van der Waals surface area contributed by atoms with Crippen molar-refractivity contribution in [3.8, 4) is 0 Å². The van der Waals surface area contributed by atoms with E-state index in [0.29, 0.717) is 17.3 Å². The minimum atomic E-state index is 0. The largest absolute Gasteiger partial charge is 0.399 e. The number of anilines is 1. The number of likely N-dealkylation sites (tertiary alicyclic amines) is 1. The van der Waals surface area contributed by atoms with E-state index in [2.05, 4.69) is 16.5 Å². The van der Waals surface area contributed by atoms with E-state index < -0.39 is 0 Å². The minimum absolute atomic E-state index is 0. The van der Waals surface area contributed by atoms with Crippen molar-refractivity contribution in [2.24, 2.45) is 0 Å². The molecule has 1 fully saturated rings. The number of nitrogens with zero attached hydrogens (tertiary/aromatic N) is 3. The SMILES string of the molecule is CCc1nccn1C1CCCN(C(=O)c2cc(N)ccc2C)C1.Cl.Cl. The Balaban J connectivity index is 0.00000156. The number of carbonyl (C=O) groups excluding carboxylic acids is 1. The van der Waals surface area contributed by atoms with Gasteiger partial charge in [-0.25, -0.2) is 4.98 Å². The van der Waals surface area contributed by atoms with Gasteiger partial charge in [0.2, 0.25) is 0 Å². The van der Waals surface area contributed by atoms with Gasteiger partial charge in [-0.05, 0) is 37.5 Å². The molecule has 0 aliphatic carbocycles. The number of nitrogens with two attached hydrogens (primary N) is 1. The molecule has 5 nitrogen and oxygen atoms in total. The van der Waals surface area contributed by atoms with Gasteiger partial charge >= 0.3 is 0 Å². The zero-order chi connectivity index (χ0) is 16.4. The second-order valence-electron chi connectivity index (χ2n) is 6.23. The number of benzene rings is 1. The first-order chi connectivity index (χ1) is 11.1. The highest BCUT2D eigenvalue weighted by Gasteiger charge is 2.27. The molecule has 0 spiro atoms. The second kappa shape index (κ2) is 9.11. The van der Waals surface area contributed by atoms with Gasteiger partial charge in [0.25, 0.3) is 5.91 Å². The summed E-state index contributed by atoms with van der Waals surface area (Å²) >= 11 is 0. The average molecular weight is 385 g/mol. The van der Waals surface area contributed by atoms with Crippen molar-refractivity contribution in [1.29, 1.82) is 0 Å². The highest BCUT2D eigenvalue weighted by Crippen LogP contribution is 2.25. The summed E-state index contributed by atoms with van der Waals surface area (Å²) in [5, 5.41) is 0. The lowest BCUT2D eigenvalue weighted by Gasteiger charge is -2.34. The summed E-state index contributed by atoms with van der Waals surface area (Å²) in [6.07, 6.45) is 6.89. The van der Waals surface area contributed by atoms with Gasteiger partial charge in [-0.3, -0.25) is 4.79 Å². The molecule has 138 valence electrons. The standard InChI is InChI=1S/C18H24N4O.2ClH/c1-3-17-20-8-10-22(17)15-5-4-9-21(12-15)18(23)16-11-14(19)7-6-13(16)2;;/h6-8,10-11,15H,3-5,9,12,19H2,1-2H3;2*1H. The normalized spacial score (nSPS) is 16.7. The van der Waals surface area contributed by atoms with E-state index in [1.165, 1.54) is 0 Å². The van der Waals surface area contributed by atoms with Crippen LogP contribution >= 0.6 is 24.8 Å². The fraction of sp³-hybridized carbons (Fsp3) is 0.444. The van der Waals surface area contributed by atoms with E-state index in [0.717, 1.165) is 43.7 Å². The van der Waals surface area contributed by atoms with Crippen LogP contribution < -0.4 is 5.73 Å². The molecule has 1 aliphatic heterocycles. The fourth-order valence-corrected chi connectivity index (χ4v) is 3.36. The molecule has 0 bridgehead atoms. The van der Waals surface area contributed by atoms with Crippen LogP contribution in [0, 0.1) is 6.92 Å². The number of halogens is 2. The van der Waals surface area contributed by atoms with Crippen LogP contribution in [0.5, 0.6) is 0 Å². The van der Waals surface area contributed by atoms with Gasteiger partial charge in [0.15, 0.2) is 0 Å². The van der Waals surface area contributed by atoms with E-state index in [1.807, 2.05) is 36.4 Å². The summed E-state index contributed by atoms with van der Waals surface area (Å²) in [5.41, 5.74) is 8.18. The summed E-state index contributed by atoms with van der Waals surface area (Å²) in [4.78, 5) is 19.2. The van der Waals surface area contributed by atoms with E-state index in [-0.39, 0.29) is 30.7 Å². The van der Waals surface area contributed by atoms with Crippen LogP contribution in [0.3, 0.4) is 0 Å². The van der Waals surface area contributed by atoms with Crippen molar-refractivity contribution < 1.29 is 4.79 Å². The molecule has 3 rings (SSSR count). The predicted octanol–water partition coefficient (Wildman–Crippen LogP) is 3.66. The number of aromatic nitrogens is 2. The van der Waals surface area contributed by atoms with Crippen LogP contribution in [0.4, 0.5) is 5.69 Å². The highest BCUT2D eigenvalue weighted by molar-refractivity contribution is 5.96. The van der Waals surface area contributed by atoms with Crippen LogP contribution in [-0.2, 0) is 6.42 Å². The van der Waals surface area contributed by atoms with Gasteiger partial charge in [0.05, 0.1) is 6.04 Å². The summed E-state index contributed by atoms with van der Waals surface area (Å²) in [5.74, 6) is 1.17. The molecule has 2 aromatic rings. The van der Waals surface area contributed by atoms with Gasteiger partial charge in [0.1, 0.15) is 5.82 Å². The van der Waals surface area contributed by atoms with Crippen LogP contribution in [0.25, 0.3) is 0 Å². The monoisotopic (exact) mass is 384 g/mol. The Labute approximate surface area is 161 Å². The maximum Gasteiger partial charge on any atom is 0.254 e. The summed E-state index contributed by atoms with van der Waals surface area (Å²) in [7, 11) is 0. The number of hydrogen-bond acceptors (Lipinski definition) is 3. The third kappa shape index (κ3) is 4.47. The quantitative estimate of drug-likeness (QED) is 0.821. The number of imidazole rings is 1. The average Bonchev–Trinajstić information content (AvgIpc) is 3.05. The lowest BCUT2D eigenvalue weighted by atomic mass is 10.0. The van der Waals surface area contributed by atoms with Gasteiger partial charge < -0.3 is 15.2 Å². The maximum absolute atomic E-state index is 12.9. The molecule has 1 saturated heterocycles. The number of hydrogen-bond donors (Lipinski definition) is 1. The van der Waals surface area contributed by atoms with E-state index in [1.54, 1.807) is 6.07 Å². The second-order valence-corrected chi connectivity index (χ2v) is 6.23. The van der Waals surface area contributed by atoms with Crippen molar-refractivity contribution in [3.63, 3.8) is 0 Å². The molecule has 1 unspecified atom stereocenters. The molecule has 1 aromatic carbocycles. The van der Waals surface area contributed by atoms with Gasteiger partial charge in [0, 0.05) is 43.2 Å². The molecule has 1 atom stereocenters. The topological polar surface area (TPSA) is 64.2 Å². The number of carbonyl (C=O) groups is 1. The zero-order valence-electron chi connectivity index (χ0n) is 14.6. The van der Waals surface area contributed by atoms with E-state index in [9.17, 15) is 4.79 Å². The molecule has 1 aliphatic rings. The van der Waals surface area contributed by atoms with Gasteiger partial charge in [-0.1, -0.05) is 13.0 Å². The Morgan fingerprint density at radius 1 is 1.36 bits per heavy atom. The van der Waals surface area contributed by atoms with Crippen LogP contribution in [0.1, 0.15) is 47.6 Å². The van der Waals surface area contributed by atoms with Gasteiger partial charge in [-0.15, -0.1) is 24.8 Å². The lowest BCUT2D eigenvalue weighted by molar-refractivity contribution is 0.0677. The minimum Gasteiger partial charge on any atom is -0.399 e. The summed E-state index contributed by atoms with van der Waals surface area (Å²) < 4.78 is 2.23. The Bertz CT molecular complexity index is 717. The third-order valence-electron chi connectivity index (χ3n) is 4.63. The molecule has 25 heavy (non-hydrogen) atoms. The van der Waals surface area contributed by atoms with E-state index in [4.69, 9.17) is 5.73 Å². The fourth-order valence-electron chi connectivity index (χ4n) is 3.36. The smallest absolute Gasteiger partial charge is 0.254 e. The zero-order valence-corrected chi connectivity index (χ0v) is 16.3. The molecule has 2 N–H and O–H groups in total. The lowest BCUT2D eigenvalue weighted by Crippen LogP contribution is -2.41. The molecule has 2 heterocycles. The Kier molecular flexibility index (Phi) is 7.77. The van der Waals surface area contributed by atoms with Crippen molar-refractivity contribution in [2.75, 3.05) is 18.8 Å². The number of nitrogen functional groups attached to an aromatic ring is 1. The summed E-state index contributed by atoms with van der Waals surface area (Å²) in [6.45, 7) is 5.61. The first-order valence-electron chi connectivity index (χ1n) is 8.27. The molecule has 1 aromatic heterocycles. The highest BCUT2D eigenvalue weighted by atomic mass is 35.5. The number of amides is 1. The molecule has 7 heteroatoms. The molecular weight excluding hydrogens is 359 g/mol. The van der Waals surface area contributed by atoms with E-state index >= 15 is 0 Å². The molecule has 0 radical (unpaired) electrons. The Hall–Kier alpha value is -1.72. The van der Waals surface area contributed by atoms with Crippen molar-refractivity contribution in [1.82, 2.24) is 14.5 Å². The predicted molar refractivity (Wildman–Crippen MR) is 106 cm³/mol. The van der Waals surface area contributed by atoms with Crippen LogP contribution in [0.2, 0.25) is 0 Å².